The molecule has 0 spiro atoms. The molecule has 1 atom stereocenters. The zero-order valence-electron chi connectivity index (χ0n) is 16.5. The van der Waals surface area contributed by atoms with E-state index in [2.05, 4.69) is 5.32 Å². The second-order valence-corrected chi connectivity index (χ2v) is 7.46. The summed E-state index contributed by atoms with van der Waals surface area (Å²) in [5.74, 6) is -0.875. The Morgan fingerprint density at radius 1 is 1.28 bits per heavy atom. The van der Waals surface area contributed by atoms with Crippen LogP contribution >= 0.6 is 11.8 Å². The summed E-state index contributed by atoms with van der Waals surface area (Å²) in [5, 5.41) is 2.33. The van der Waals surface area contributed by atoms with Crippen molar-refractivity contribution in [1.29, 1.82) is 0 Å². The van der Waals surface area contributed by atoms with Crippen LogP contribution in [0.3, 0.4) is 0 Å². The largest absolute Gasteiger partial charge is 0.456 e. The molecule has 3 N–H and O–H groups in total. The number of urea groups is 1. The van der Waals surface area contributed by atoms with Crippen LogP contribution in [0.4, 0.5) is 9.18 Å². The highest BCUT2D eigenvalue weighted by Crippen LogP contribution is 2.22. The quantitative estimate of drug-likeness (QED) is 0.479. The molecule has 9 heteroatoms. The van der Waals surface area contributed by atoms with Gasteiger partial charge in [0.2, 0.25) is 5.78 Å². The number of hydrogen-bond donors (Lipinski definition) is 2. The Hall–Kier alpha value is -2.81. The maximum atomic E-state index is 13.6. The number of carbonyl (C=O) groups is 3. The van der Waals surface area contributed by atoms with Crippen LogP contribution in [0.15, 0.2) is 30.3 Å². The van der Waals surface area contributed by atoms with E-state index >= 15 is 0 Å². The summed E-state index contributed by atoms with van der Waals surface area (Å²) in [4.78, 5) is 35.9. The lowest BCUT2D eigenvalue weighted by Crippen LogP contribution is -2.45. The van der Waals surface area contributed by atoms with Crippen molar-refractivity contribution in [3.63, 3.8) is 0 Å². The first-order valence-electron chi connectivity index (χ1n) is 8.94. The summed E-state index contributed by atoms with van der Waals surface area (Å²) < 4.78 is 20.4. The van der Waals surface area contributed by atoms with E-state index in [1.54, 1.807) is 36.6 Å². The first-order valence-corrected chi connectivity index (χ1v) is 10.3. The van der Waals surface area contributed by atoms with Gasteiger partial charge in [0, 0.05) is 22.6 Å². The molecule has 0 unspecified atom stereocenters. The normalized spacial score (nSPS) is 11.7. The van der Waals surface area contributed by atoms with Gasteiger partial charge in [-0.15, -0.1) is 0 Å². The van der Waals surface area contributed by atoms with Gasteiger partial charge in [-0.25, -0.2) is 14.0 Å². The van der Waals surface area contributed by atoms with Crippen molar-refractivity contribution in [3.8, 4) is 5.69 Å². The van der Waals surface area contributed by atoms with Crippen molar-refractivity contribution in [2.24, 2.45) is 5.73 Å². The van der Waals surface area contributed by atoms with Crippen molar-refractivity contribution in [2.75, 3.05) is 18.6 Å². The molecule has 0 aliphatic heterocycles. The van der Waals surface area contributed by atoms with Gasteiger partial charge in [-0.1, -0.05) is 6.07 Å². The number of primary amides is 1. The van der Waals surface area contributed by atoms with Crippen LogP contribution in [-0.4, -0.2) is 47.0 Å². The number of ketones is 1. The number of benzene rings is 1. The Balaban J connectivity index is 2.12. The summed E-state index contributed by atoms with van der Waals surface area (Å²) >= 11 is 1.50. The number of rotatable bonds is 9. The number of halogens is 1. The Morgan fingerprint density at radius 3 is 2.62 bits per heavy atom. The van der Waals surface area contributed by atoms with Gasteiger partial charge in [-0.05, 0) is 56.5 Å². The summed E-state index contributed by atoms with van der Waals surface area (Å²) in [7, 11) is 0. The Labute approximate surface area is 172 Å². The molecule has 1 heterocycles. The molecule has 0 aliphatic rings. The topological polar surface area (TPSA) is 103 Å². The molecule has 0 bridgehead atoms. The monoisotopic (exact) mass is 421 g/mol. The number of nitrogens with one attached hydrogen (secondary N) is 1. The number of hydrogen-bond acceptors (Lipinski definition) is 5. The molecule has 29 heavy (non-hydrogen) atoms. The summed E-state index contributed by atoms with van der Waals surface area (Å²) in [6.45, 7) is 3.07. The zero-order valence-corrected chi connectivity index (χ0v) is 17.3. The van der Waals surface area contributed by atoms with Gasteiger partial charge in [0.05, 0.1) is 0 Å². The highest BCUT2D eigenvalue weighted by Gasteiger charge is 2.23. The molecule has 7 nitrogen and oxygen atoms in total. The fourth-order valence-corrected chi connectivity index (χ4v) is 3.50. The molecule has 0 aliphatic carbocycles. The molecule has 0 saturated carbocycles. The Morgan fingerprint density at radius 2 is 2.00 bits per heavy atom. The van der Waals surface area contributed by atoms with E-state index in [-0.39, 0.29) is 5.82 Å². The lowest BCUT2D eigenvalue weighted by atomic mass is 10.1. The third-order valence-corrected chi connectivity index (χ3v) is 5.00. The predicted octanol–water partition coefficient (Wildman–Crippen LogP) is 2.75. The van der Waals surface area contributed by atoms with Crippen LogP contribution < -0.4 is 11.1 Å². The number of aromatic nitrogens is 1. The molecule has 0 fully saturated rings. The van der Waals surface area contributed by atoms with Gasteiger partial charge in [-0.2, -0.15) is 11.8 Å². The van der Waals surface area contributed by atoms with E-state index in [0.29, 0.717) is 29.1 Å². The first-order chi connectivity index (χ1) is 13.7. The number of esters is 1. The highest BCUT2D eigenvalue weighted by molar-refractivity contribution is 7.98. The molecule has 2 aromatic rings. The second kappa shape index (κ2) is 10.1. The van der Waals surface area contributed by atoms with E-state index in [1.807, 2.05) is 6.26 Å². The van der Waals surface area contributed by atoms with Crippen LogP contribution in [0.5, 0.6) is 0 Å². The standard InChI is InChI=1S/C20H24FN3O4S/c1-12-9-16(13(2)24(12)15-6-4-5-14(21)10-15)18(25)11-28-19(26)17(7-8-29-3)23-20(22)27/h4-6,9-10,17H,7-8,11H2,1-3H3,(H3,22,23,27)/t17-/m1/s1. The molecule has 156 valence electrons. The van der Waals surface area contributed by atoms with E-state index in [1.165, 1.54) is 23.9 Å². The van der Waals surface area contributed by atoms with Crippen molar-refractivity contribution >= 4 is 29.5 Å². The number of thioether (sulfide) groups is 1. The number of nitrogens with zero attached hydrogens (tertiary/aromatic N) is 1. The number of carbonyl (C=O) groups excluding carboxylic acids is 3. The van der Waals surface area contributed by atoms with Crippen molar-refractivity contribution in [3.05, 3.63) is 53.1 Å². The lowest BCUT2D eigenvalue weighted by Gasteiger charge is -2.15. The zero-order chi connectivity index (χ0) is 21.6. The number of aryl methyl sites for hydroxylation is 1. The smallest absolute Gasteiger partial charge is 0.329 e. The molecule has 2 rings (SSSR count). The minimum Gasteiger partial charge on any atom is -0.456 e. The van der Waals surface area contributed by atoms with Gasteiger partial charge < -0.3 is 20.4 Å². The minimum atomic E-state index is -0.910. The van der Waals surface area contributed by atoms with E-state index in [0.717, 1.165) is 5.69 Å². The van der Waals surface area contributed by atoms with Crippen molar-refractivity contribution in [1.82, 2.24) is 9.88 Å². The third-order valence-electron chi connectivity index (χ3n) is 4.36. The lowest BCUT2D eigenvalue weighted by molar-refractivity contribution is -0.144. The fourth-order valence-electron chi connectivity index (χ4n) is 3.03. The maximum Gasteiger partial charge on any atom is 0.329 e. The van der Waals surface area contributed by atoms with Crippen LogP contribution in [0.1, 0.15) is 28.2 Å². The van der Waals surface area contributed by atoms with Crippen LogP contribution in [0, 0.1) is 19.7 Å². The number of ether oxygens (including phenoxy) is 1. The molecular weight excluding hydrogens is 397 g/mol. The fraction of sp³-hybridized carbons (Fsp3) is 0.350. The van der Waals surface area contributed by atoms with E-state index in [9.17, 15) is 18.8 Å². The maximum absolute atomic E-state index is 13.6. The van der Waals surface area contributed by atoms with E-state index in [4.69, 9.17) is 10.5 Å². The van der Waals surface area contributed by atoms with Crippen molar-refractivity contribution < 1.29 is 23.5 Å². The highest BCUT2D eigenvalue weighted by atomic mass is 32.2. The molecule has 1 aromatic carbocycles. The average Bonchev–Trinajstić information content (AvgIpc) is 2.96. The number of Topliss-reactive ketones (excluding diaryl/α,β-unsaturated/α-hetero) is 1. The Kier molecular flexibility index (Phi) is 7.83. The first kappa shape index (κ1) is 22.5. The summed E-state index contributed by atoms with van der Waals surface area (Å²) in [5.41, 5.74) is 7.43. The second-order valence-electron chi connectivity index (χ2n) is 6.47. The number of nitrogens with two attached hydrogens (primary N) is 1. The van der Waals surface area contributed by atoms with E-state index < -0.39 is 30.4 Å². The summed E-state index contributed by atoms with van der Waals surface area (Å²) in [6, 6.07) is 5.97. The molecule has 0 radical (unpaired) electrons. The molecule has 0 saturated heterocycles. The van der Waals surface area contributed by atoms with Crippen LogP contribution in [-0.2, 0) is 9.53 Å². The number of amides is 2. The molecule has 2 amide bonds. The summed E-state index contributed by atoms with van der Waals surface area (Å²) in [6.07, 6.45) is 2.20. The SMILES string of the molecule is CSCC[C@@H](NC(N)=O)C(=O)OCC(=O)c1cc(C)n(-c2cccc(F)c2)c1C. The van der Waals surface area contributed by atoms with Gasteiger partial charge in [0.15, 0.2) is 6.61 Å². The van der Waals surface area contributed by atoms with Crippen LogP contribution in [0.25, 0.3) is 5.69 Å². The van der Waals surface area contributed by atoms with Gasteiger partial charge in [0.25, 0.3) is 0 Å². The molecular formula is C20H24FN3O4S. The minimum absolute atomic E-state index is 0.339. The average molecular weight is 421 g/mol. The van der Waals surface area contributed by atoms with Crippen molar-refractivity contribution in [2.45, 2.75) is 26.3 Å². The van der Waals surface area contributed by atoms with Crippen LogP contribution in [0.2, 0.25) is 0 Å². The van der Waals surface area contributed by atoms with Gasteiger partial charge >= 0.3 is 12.0 Å². The predicted molar refractivity (Wildman–Crippen MR) is 110 cm³/mol. The third kappa shape index (κ3) is 5.83. The Bertz CT molecular complexity index is 913. The van der Waals surface area contributed by atoms with Gasteiger partial charge in [0.1, 0.15) is 11.9 Å². The molecule has 1 aromatic heterocycles. The van der Waals surface area contributed by atoms with Gasteiger partial charge in [-0.3, -0.25) is 4.79 Å².